The zero-order valence-electron chi connectivity index (χ0n) is 15.8. The van der Waals surface area contributed by atoms with Gasteiger partial charge in [-0.2, -0.15) is 5.10 Å². The Hall–Kier alpha value is -2.64. The molecule has 0 aliphatic carbocycles. The lowest BCUT2D eigenvalue weighted by Crippen LogP contribution is -2.48. The van der Waals surface area contributed by atoms with E-state index in [-0.39, 0.29) is 23.8 Å². The summed E-state index contributed by atoms with van der Waals surface area (Å²) in [5.41, 5.74) is 2.75. The van der Waals surface area contributed by atoms with Gasteiger partial charge in [-0.05, 0) is 18.8 Å². The van der Waals surface area contributed by atoms with Gasteiger partial charge in [0.05, 0.1) is 29.8 Å². The Morgan fingerprint density at radius 1 is 1.22 bits per heavy atom. The first kappa shape index (κ1) is 17.8. The molecule has 144 valence electrons. The summed E-state index contributed by atoms with van der Waals surface area (Å²) in [5.74, 6) is 0.478. The van der Waals surface area contributed by atoms with E-state index in [1.165, 1.54) is 0 Å². The van der Waals surface area contributed by atoms with Crippen LogP contribution in [0.2, 0.25) is 0 Å². The van der Waals surface area contributed by atoms with E-state index in [9.17, 15) is 9.59 Å². The highest BCUT2D eigenvalue weighted by atomic mass is 16.2. The number of carbonyl (C=O) groups is 2. The van der Waals surface area contributed by atoms with Gasteiger partial charge in [-0.15, -0.1) is 0 Å². The topological polar surface area (TPSA) is 98.0 Å². The lowest BCUT2D eigenvalue weighted by atomic mass is 9.83. The number of hydrogen-bond acceptors (Lipinski definition) is 4. The molecular weight excluding hydrogens is 344 g/mol. The average Bonchev–Trinajstić information content (AvgIpc) is 3.37. The number of imidazole rings is 1. The molecule has 2 aliphatic rings. The van der Waals surface area contributed by atoms with Crippen molar-refractivity contribution < 1.29 is 9.59 Å². The Morgan fingerprint density at radius 2 is 2.00 bits per heavy atom. The van der Waals surface area contributed by atoms with E-state index in [0.717, 1.165) is 37.2 Å². The first-order valence-corrected chi connectivity index (χ1v) is 9.67. The quantitative estimate of drug-likeness (QED) is 0.860. The zero-order chi connectivity index (χ0) is 19.0. The van der Waals surface area contributed by atoms with E-state index in [2.05, 4.69) is 20.2 Å². The van der Waals surface area contributed by atoms with Crippen molar-refractivity contribution in [3.05, 3.63) is 35.7 Å². The maximum Gasteiger partial charge on any atom is 0.257 e. The monoisotopic (exact) mass is 370 g/mol. The van der Waals surface area contributed by atoms with Gasteiger partial charge < -0.3 is 14.8 Å². The predicted molar refractivity (Wildman–Crippen MR) is 98.8 cm³/mol. The third kappa shape index (κ3) is 3.24. The number of carbonyl (C=O) groups excluding carboxylic acids is 2. The molecule has 1 fully saturated rings. The Balaban J connectivity index is 1.51. The zero-order valence-corrected chi connectivity index (χ0v) is 15.8. The minimum absolute atomic E-state index is 0.000998. The SMILES string of the molecule is CC(C)C(=O)N1CCc2[nH]cnc2C1C1CCN(C(=O)c2cn[nH]c2)CC1. The van der Waals surface area contributed by atoms with Gasteiger partial charge in [0.2, 0.25) is 5.91 Å². The van der Waals surface area contributed by atoms with Crippen LogP contribution in [0.4, 0.5) is 0 Å². The molecule has 27 heavy (non-hydrogen) atoms. The smallest absolute Gasteiger partial charge is 0.257 e. The molecular formula is C19H26N6O2. The lowest BCUT2D eigenvalue weighted by Gasteiger charge is -2.43. The summed E-state index contributed by atoms with van der Waals surface area (Å²) in [6.45, 7) is 6.01. The van der Waals surface area contributed by atoms with Crippen molar-refractivity contribution in [1.82, 2.24) is 30.0 Å². The number of likely N-dealkylation sites (tertiary alicyclic amines) is 1. The molecule has 2 aromatic heterocycles. The number of fused-ring (bicyclic) bond motifs is 1. The Labute approximate surface area is 158 Å². The molecule has 0 saturated carbocycles. The van der Waals surface area contributed by atoms with Gasteiger partial charge in [0, 0.05) is 43.9 Å². The molecule has 2 amide bonds. The molecule has 2 N–H and O–H groups in total. The standard InChI is InChI=1S/C19H26N6O2/c1-12(2)18(26)25-8-5-15-16(21-11-20-15)17(25)13-3-6-24(7-4-13)19(27)14-9-22-23-10-14/h9-13,17H,3-8H2,1-2H3,(H,20,21)(H,22,23). The molecule has 0 aromatic carbocycles. The van der Waals surface area contributed by atoms with Crippen LogP contribution in [0.5, 0.6) is 0 Å². The van der Waals surface area contributed by atoms with Gasteiger partial charge in [0.15, 0.2) is 0 Å². The van der Waals surface area contributed by atoms with Gasteiger partial charge in [-0.25, -0.2) is 4.98 Å². The van der Waals surface area contributed by atoms with Crippen LogP contribution >= 0.6 is 0 Å². The summed E-state index contributed by atoms with van der Waals surface area (Å²) in [6.07, 6.45) is 7.48. The van der Waals surface area contributed by atoms with Gasteiger partial charge in [-0.1, -0.05) is 13.8 Å². The third-order valence-corrected chi connectivity index (χ3v) is 5.77. The van der Waals surface area contributed by atoms with Gasteiger partial charge >= 0.3 is 0 Å². The number of nitrogens with zero attached hydrogens (tertiary/aromatic N) is 4. The minimum Gasteiger partial charge on any atom is -0.348 e. The van der Waals surface area contributed by atoms with Crippen LogP contribution in [0.25, 0.3) is 0 Å². The van der Waals surface area contributed by atoms with Crippen LogP contribution in [0.15, 0.2) is 18.7 Å². The molecule has 0 radical (unpaired) electrons. The lowest BCUT2D eigenvalue weighted by molar-refractivity contribution is -0.139. The molecule has 1 atom stereocenters. The fraction of sp³-hybridized carbons (Fsp3) is 0.579. The second-order valence-corrected chi connectivity index (χ2v) is 7.76. The highest BCUT2D eigenvalue weighted by molar-refractivity contribution is 5.93. The van der Waals surface area contributed by atoms with Crippen molar-refractivity contribution in [2.24, 2.45) is 11.8 Å². The minimum atomic E-state index is -0.0317. The van der Waals surface area contributed by atoms with Crippen LogP contribution in [0.1, 0.15) is 54.5 Å². The Morgan fingerprint density at radius 3 is 2.67 bits per heavy atom. The molecule has 0 spiro atoms. The fourth-order valence-corrected chi connectivity index (χ4v) is 4.33. The van der Waals surface area contributed by atoms with E-state index in [4.69, 9.17) is 0 Å². The maximum atomic E-state index is 12.8. The van der Waals surface area contributed by atoms with Crippen LogP contribution in [-0.2, 0) is 11.2 Å². The number of aromatic amines is 2. The number of H-pyrrole nitrogens is 2. The Kier molecular flexibility index (Phi) is 4.72. The second kappa shape index (κ2) is 7.17. The van der Waals surface area contributed by atoms with E-state index in [0.29, 0.717) is 24.6 Å². The summed E-state index contributed by atoms with van der Waals surface area (Å²) in [5, 5.41) is 6.56. The first-order valence-electron chi connectivity index (χ1n) is 9.67. The third-order valence-electron chi connectivity index (χ3n) is 5.77. The molecule has 8 nitrogen and oxygen atoms in total. The second-order valence-electron chi connectivity index (χ2n) is 7.76. The number of aromatic nitrogens is 4. The number of nitrogens with one attached hydrogen (secondary N) is 2. The van der Waals surface area contributed by atoms with Crippen LogP contribution in [0.3, 0.4) is 0 Å². The summed E-state index contributed by atoms with van der Waals surface area (Å²) in [4.78, 5) is 37.1. The normalized spacial score (nSPS) is 20.8. The molecule has 8 heteroatoms. The first-order chi connectivity index (χ1) is 13.1. The molecule has 2 aliphatic heterocycles. The highest BCUT2D eigenvalue weighted by Gasteiger charge is 2.40. The number of piperidine rings is 1. The molecule has 2 aromatic rings. The van der Waals surface area contributed by atoms with Crippen molar-refractivity contribution >= 4 is 11.8 Å². The van der Waals surface area contributed by atoms with Crippen LogP contribution < -0.4 is 0 Å². The predicted octanol–water partition coefficient (Wildman–Crippen LogP) is 1.77. The van der Waals surface area contributed by atoms with Gasteiger partial charge in [0.1, 0.15) is 0 Å². The largest absolute Gasteiger partial charge is 0.348 e. The van der Waals surface area contributed by atoms with Crippen molar-refractivity contribution in [2.45, 2.75) is 39.2 Å². The summed E-state index contributed by atoms with van der Waals surface area (Å²) in [7, 11) is 0. The summed E-state index contributed by atoms with van der Waals surface area (Å²) < 4.78 is 0. The van der Waals surface area contributed by atoms with E-state index in [1.54, 1.807) is 18.7 Å². The van der Waals surface area contributed by atoms with Crippen molar-refractivity contribution in [1.29, 1.82) is 0 Å². The van der Waals surface area contributed by atoms with Crippen LogP contribution in [0, 0.1) is 11.8 Å². The Bertz CT molecular complexity index is 804. The molecule has 0 bridgehead atoms. The molecule has 1 saturated heterocycles. The van der Waals surface area contributed by atoms with Crippen molar-refractivity contribution in [3.63, 3.8) is 0 Å². The maximum absolute atomic E-state index is 12.8. The summed E-state index contributed by atoms with van der Waals surface area (Å²) >= 11 is 0. The summed E-state index contributed by atoms with van der Waals surface area (Å²) in [6, 6.07) is 0.000998. The van der Waals surface area contributed by atoms with E-state index >= 15 is 0 Å². The average molecular weight is 370 g/mol. The van der Waals surface area contributed by atoms with Crippen molar-refractivity contribution in [2.75, 3.05) is 19.6 Å². The van der Waals surface area contributed by atoms with Gasteiger partial charge in [0.25, 0.3) is 5.91 Å². The number of hydrogen-bond donors (Lipinski definition) is 2. The molecule has 4 rings (SSSR count). The number of amides is 2. The van der Waals surface area contributed by atoms with Gasteiger partial charge in [-0.3, -0.25) is 14.7 Å². The van der Waals surface area contributed by atoms with Crippen LogP contribution in [-0.4, -0.2) is 61.4 Å². The molecule has 4 heterocycles. The van der Waals surface area contributed by atoms with Crippen molar-refractivity contribution in [3.8, 4) is 0 Å². The number of rotatable bonds is 3. The highest BCUT2D eigenvalue weighted by Crippen LogP contribution is 2.39. The van der Waals surface area contributed by atoms with E-state index < -0.39 is 0 Å². The molecule has 1 unspecified atom stereocenters. The fourth-order valence-electron chi connectivity index (χ4n) is 4.33. The van der Waals surface area contributed by atoms with E-state index in [1.807, 2.05) is 23.6 Å².